The number of aryl methyl sites for hydroxylation is 2. The van der Waals surface area contributed by atoms with Crippen LogP contribution in [0.15, 0.2) is 84.6 Å². The first-order valence-electron chi connectivity index (χ1n) is 9.13. The molecule has 1 aliphatic rings. The van der Waals surface area contributed by atoms with Crippen molar-refractivity contribution in [3.63, 3.8) is 0 Å². The van der Waals surface area contributed by atoms with Gasteiger partial charge in [-0.25, -0.2) is 4.90 Å². The van der Waals surface area contributed by atoms with Gasteiger partial charge in [-0.3, -0.25) is 9.59 Å². The van der Waals surface area contributed by atoms with Crippen LogP contribution in [0.25, 0.3) is 5.57 Å². The zero-order chi connectivity index (χ0) is 19.7. The van der Waals surface area contributed by atoms with E-state index in [0.29, 0.717) is 17.0 Å². The lowest BCUT2D eigenvalue weighted by atomic mass is 10.0. The monoisotopic (exact) mass is 368 g/mol. The van der Waals surface area contributed by atoms with Crippen LogP contribution in [0.5, 0.6) is 0 Å². The van der Waals surface area contributed by atoms with Crippen LogP contribution < -0.4 is 10.2 Å². The highest BCUT2D eigenvalue weighted by Crippen LogP contribution is 2.33. The van der Waals surface area contributed by atoms with Gasteiger partial charge in [0.15, 0.2) is 0 Å². The van der Waals surface area contributed by atoms with Gasteiger partial charge in [0.2, 0.25) is 0 Å². The maximum Gasteiger partial charge on any atom is 0.282 e. The fraction of sp³-hybridized carbons (Fsp3) is 0.0833. The third-order valence-electron chi connectivity index (χ3n) is 4.76. The first-order valence-corrected chi connectivity index (χ1v) is 9.13. The molecule has 0 atom stereocenters. The van der Waals surface area contributed by atoms with E-state index in [1.54, 1.807) is 12.1 Å². The van der Waals surface area contributed by atoms with Gasteiger partial charge in [0.1, 0.15) is 5.70 Å². The van der Waals surface area contributed by atoms with Crippen LogP contribution in [-0.2, 0) is 9.59 Å². The van der Waals surface area contributed by atoms with Crippen molar-refractivity contribution < 1.29 is 9.59 Å². The summed E-state index contributed by atoms with van der Waals surface area (Å²) in [5, 5.41) is 3.18. The third-order valence-corrected chi connectivity index (χ3v) is 4.76. The molecule has 0 saturated carbocycles. The van der Waals surface area contributed by atoms with Gasteiger partial charge in [-0.05, 0) is 43.7 Å². The van der Waals surface area contributed by atoms with E-state index in [2.05, 4.69) is 5.32 Å². The number of imide groups is 1. The van der Waals surface area contributed by atoms with Crippen molar-refractivity contribution in [2.45, 2.75) is 13.8 Å². The summed E-state index contributed by atoms with van der Waals surface area (Å²) in [6.07, 6.45) is 0. The van der Waals surface area contributed by atoms with Gasteiger partial charge in [0, 0.05) is 5.69 Å². The molecule has 138 valence electrons. The first kappa shape index (κ1) is 17.7. The van der Waals surface area contributed by atoms with Crippen LogP contribution in [0, 0.1) is 13.8 Å². The van der Waals surface area contributed by atoms with Crippen LogP contribution in [0.1, 0.15) is 16.7 Å². The van der Waals surface area contributed by atoms with E-state index < -0.39 is 0 Å². The zero-order valence-electron chi connectivity index (χ0n) is 15.8. The third kappa shape index (κ3) is 3.21. The molecule has 1 aliphatic heterocycles. The molecule has 3 aromatic rings. The summed E-state index contributed by atoms with van der Waals surface area (Å²) in [5.74, 6) is -0.679. The molecule has 28 heavy (non-hydrogen) atoms. The Balaban J connectivity index is 1.81. The molecular weight excluding hydrogens is 348 g/mol. The topological polar surface area (TPSA) is 49.4 Å². The number of anilines is 2. The molecule has 2 amide bonds. The van der Waals surface area contributed by atoms with Crippen LogP contribution in [0.2, 0.25) is 0 Å². The number of para-hydroxylation sites is 1. The SMILES string of the molecule is Cc1ccc(NC2=C(c3ccc(C)cc3)C(=O)N(c3ccccc3)C2=O)cc1. The van der Waals surface area contributed by atoms with Crippen LogP contribution in [0.3, 0.4) is 0 Å². The van der Waals surface area contributed by atoms with Gasteiger partial charge in [-0.2, -0.15) is 0 Å². The summed E-state index contributed by atoms with van der Waals surface area (Å²) in [7, 11) is 0. The largest absolute Gasteiger partial charge is 0.350 e. The number of benzene rings is 3. The Labute approximate surface area is 164 Å². The van der Waals surface area contributed by atoms with Crippen molar-refractivity contribution in [3.05, 3.63) is 101 Å². The van der Waals surface area contributed by atoms with E-state index >= 15 is 0 Å². The summed E-state index contributed by atoms with van der Waals surface area (Å²) in [5.41, 5.74) is 4.93. The lowest BCUT2D eigenvalue weighted by Gasteiger charge is -2.15. The molecule has 0 saturated heterocycles. The smallest absolute Gasteiger partial charge is 0.282 e. The summed E-state index contributed by atoms with van der Waals surface area (Å²) < 4.78 is 0. The Morgan fingerprint density at radius 3 is 1.86 bits per heavy atom. The molecule has 3 aromatic carbocycles. The van der Waals surface area contributed by atoms with Crippen molar-refractivity contribution >= 4 is 28.8 Å². The lowest BCUT2D eigenvalue weighted by Crippen LogP contribution is -2.32. The zero-order valence-corrected chi connectivity index (χ0v) is 15.8. The molecule has 0 spiro atoms. The molecule has 1 heterocycles. The number of hydrogen-bond donors (Lipinski definition) is 1. The van der Waals surface area contributed by atoms with E-state index in [-0.39, 0.29) is 11.8 Å². The number of carbonyl (C=O) groups excluding carboxylic acids is 2. The molecule has 0 aliphatic carbocycles. The van der Waals surface area contributed by atoms with Crippen molar-refractivity contribution in [3.8, 4) is 0 Å². The minimum atomic E-state index is -0.354. The predicted octanol–water partition coefficient (Wildman–Crippen LogP) is 4.70. The molecule has 0 aromatic heterocycles. The highest BCUT2D eigenvalue weighted by molar-refractivity contribution is 6.46. The minimum absolute atomic E-state index is 0.293. The fourth-order valence-corrected chi connectivity index (χ4v) is 3.23. The fourth-order valence-electron chi connectivity index (χ4n) is 3.23. The maximum absolute atomic E-state index is 13.3. The molecule has 1 N–H and O–H groups in total. The van der Waals surface area contributed by atoms with E-state index in [4.69, 9.17) is 0 Å². The van der Waals surface area contributed by atoms with Crippen LogP contribution >= 0.6 is 0 Å². The molecule has 0 fully saturated rings. The number of carbonyl (C=O) groups is 2. The van der Waals surface area contributed by atoms with E-state index in [9.17, 15) is 9.59 Å². The lowest BCUT2D eigenvalue weighted by molar-refractivity contribution is -0.120. The number of rotatable bonds is 4. The second kappa shape index (κ2) is 7.16. The standard InChI is InChI=1S/C24H20N2O2/c1-16-8-12-18(13-9-16)21-22(25-19-14-10-17(2)11-15-19)24(28)26(23(21)27)20-6-4-3-5-7-20/h3-15,25H,1-2H3. The van der Waals surface area contributed by atoms with Crippen LogP contribution in [0.4, 0.5) is 11.4 Å². The molecule has 0 unspecified atom stereocenters. The molecule has 0 bridgehead atoms. The number of hydrogen-bond acceptors (Lipinski definition) is 3. The Morgan fingerprint density at radius 2 is 1.25 bits per heavy atom. The number of amides is 2. The Bertz CT molecular complexity index is 1070. The van der Waals surface area contributed by atoms with Gasteiger partial charge < -0.3 is 5.32 Å². The quantitative estimate of drug-likeness (QED) is 0.679. The Morgan fingerprint density at radius 1 is 0.679 bits per heavy atom. The van der Waals surface area contributed by atoms with Gasteiger partial charge in [-0.15, -0.1) is 0 Å². The molecule has 4 nitrogen and oxygen atoms in total. The number of nitrogens with zero attached hydrogens (tertiary/aromatic N) is 1. The Hall–Kier alpha value is -3.66. The molecule has 4 rings (SSSR count). The molecular formula is C24H20N2O2. The summed E-state index contributed by atoms with van der Waals surface area (Å²) >= 11 is 0. The minimum Gasteiger partial charge on any atom is -0.350 e. The van der Waals surface area contributed by atoms with E-state index in [1.807, 2.05) is 80.6 Å². The summed E-state index contributed by atoms with van der Waals surface area (Å²) in [4.78, 5) is 27.7. The maximum atomic E-state index is 13.3. The van der Waals surface area contributed by atoms with Crippen molar-refractivity contribution in [2.24, 2.45) is 0 Å². The van der Waals surface area contributed by atoms with Gasteiger partial charge in [0.25, 0.3) is 11.8 Å². The van der Waals surface area contributed by atoms with Gasteiger partial charge >= 0.3 is 0 Å². The van der Waals surface area contributed by atoms with E-state index in [0.717, 1.165) is 22.4 Å². The van der Waals surface area contributed by atoms with Crippen molar-refractivity contribution in [2.75, 3.05) is 10.2 Å². The van der Waals surface area contributed by atoms with Crippen molar-refractivity contribution in [1.82, 2.24) is 0 Å². The molecule has 4 heteroatoms. The van der Waals surface area contributed by atoms with Gasteiger partial charge in [-0.1, -0.05) is 65.7 Å². The second-order valence-electron chi connectivity index (χ2n) is 6.89. The predicted molar refractivity (Wildman–Crippen MR) is 112 cm³/mol. The van der Waals surface area contributed by atoms with Crippen molar-refractivity contribution in [1.29, 1.82) is 0 Å². The first-order chi connectivity index (χ1) is 13.5. The summed E-state index contributed by atoms with van der Waals surface area (Å²) in [6, 6.07) is 24.4. The highest BCUT2D eigenvalue weighted by atomic mass is 16.2. The normalized spacial score (nSPS) is 14.0. The average molecular weight is 368 g/mol. The highest BCUT2D eigenvalue weighted by Gasteiger charge is 2.40. The average Bonchev–Trinajstić information content (AvgIpc) is 2.95. The number of nitrogens with one attached hydrogen (secondary N) is 1. The summed E-state index contributed by atoms with van der Waals surface area (Å²) in [6.45, 7) is 3.99. The molecule has 0 radical (unpaired) electrons. The second-order valence-corrected chi connectivity index (χ2v) is 6.89. The Kier molecular flexibility index (Phi) is 4.53. The van der Waals surface area contributed by atoms with Gasteiger partial charge in [0.05, 0.1) is 11.3 Å². The van der Waals surface area contributed by atoms with Crippen LogP contribution in [-0.4, -0.2) is 11.8 Å². The van der Waals surface area contributed by atoms with E-state index in [1.165, 1.54) is 4.90 Å².